The van der Waals surface area contributed by atoms with E-state index in [1.807, 2.05) is 23.2 Å². The largest absolute Gasteiger partial charge is 0.361 e. The van der Waals surface area contributed by atoms with Crippen molar-refractivity contribution in [1.82, 2.24) is 9.88 Å². The molecule has 0 bridgehead atoms. The van der Waals surface area contributed by atoms with E-state index < -0.39 is 0 Å². The van der Waals surface area contributed by atoms with Crippen molar-refractivity contribution in [3.63, 3.8) is 0 Å². The Morgan fingerprint density at radius 1 is 1.08 bits per heavy atom. The van der Waals surface area contributed by atoms with Crippen molar-refractivity contribution < 1.29 is 4.79 Å². The van der Waals surface area contributed by atoms with E-state index in [0.29, 0.717) is 19.5 Å². The number of amides is 1. The van der Waals surface area contributed by atoms with Crippen molar-refractivity contribution in [2.75, 3.05) is 6.54 Å². The molecule has 4 heteroatoms. The first-order chi connectivity index (χ1) is 12.3. The first-order valence-electron chi connectivity index (χ1n) is 8.87. The summed E-state index contributed by atoms with van der Waals surface area (Å²) in [6.07, 6.45) is 4.27. The summed E-state index contributed by atoms with van der Waals surface area (Å²) in [5, 5.41) is 1.18. The lowest BCUT2D eigenvalue weighted by atomic mass is 10.1. The SMILES string of the molecule is NCCC(=O)N(Cc1c[nH]c2ccccc12)C1Cc2ccccc2C1. The number of carbonyl (C=O) groups excluding carboxylic acids is 1. The predicted molar refractivity (Wildman–Crippen MR) is 100 cm³/mol. The van der Waals surface area contributed by atoms with Crippen molar-refractivity contribution in [2.24, 2.45) is 5.73 Å². The average Bonchev–Trinajstić information content (AvgIpc) is 3.23. The molecule has 0 saturated heterocycles. The summed E-state index contributed by atoms with van der Waals surface area (Å²) in [7, 11) is 0. The minimum atomic E-state index is 0.144. The maximum atomic E-state index is 12.8. The molecule has 1 amide bonds. The van der Waals surface area contributed by atoms with Gasteiger partial charge in [-0.1, -0.05) is 42.5 Å². The number of carbonyl (C=O) groups is 1. The number of aromatic nitrogens is 1. The molecule has 0 unspecified atom stereocenters. The molecule has 0 fully saturated rings. The number of hydrogen-bond donors (Lipinski definition) is 2. The minimum absolute atomic E-state index is 0.144. The summed E-state index contributed by atoms with van der Waals surface area (Å²) in [4.78, 5) is 18.1. The second-order valence-electron chi connectivity index (χ2n) is 6.75. The van der Waals surface area contributed by atoms with E-state index in [0.717, 1.165) is 23.9 Å². The van der Waals surface area contributed by atoms with Crippen LogP contribution in [-0.2, 0) is 24.2 Å². The van der Waals surface area contributed by atoms with Gasteiger partial charge in [-0.3, -0.25) is 4.79 Å². The van der Waals surface area contributed by atoms with E-state index >= 15 is 0 Å². The highest BCUT2D eigenvalue weighted by molar-refractivity contribution is 5.84. The Labute approximate surface area is 147 Å². The van der Waals surface area contributed by atoms with E-state index in [1.165, 1.54) is 16.5 Å². The smallest absolute Gasteiger partial charge is 0.224 e. The molecule has 3 aromatic rings. The lowest BCUT2D eigenvalue weighted by Crippen LogP contribution is -2.41. The summed E-state index contributed by atoms with van der Waals surface area (Å²) in [5.41, 5.74) is 10.7. The number of hydrogen-bond acceptors (Lipinski definition) is 2. The Hall–Kier alpha value is -2.59. The highest BCUT2D eigenvalue weighted by Gasteiger charge is 2.29. The molecular weight excluding hydrogens is 310 g/mol. The molecule has 1 aromatic heterocycles. The van der Waals surface area contributed by atoms with Crippen LogP contribution in [0.1, 0.15) is 23.1 Å². The van der Waals surface area contributed by atoms with Crippen LogP contribution in [0.3, 0.4) is 0 Å². The molecule has 0 aliphatic heterocycles. The molecule has 1 aliphatic carbocycles. The lowest BCUT2D eigenvalue weighted by molar-refractivity contribution is -0.133. The van der Waals surface area contributed by atoms with Gasteiger partial charge in [0, 0.05) is 42.7 Å². The van der Waals surface area contributed by atoms with E-state index in [2.05, 4.69) is 41.4 Å². The molecule has 0 saturated carbocycles. The maximum absolute atomic E-state index is 12.8. The molecule has 0 spiro atoms. The van der Waals surface area contributed by atoms with Gasteiger partial charge >= 0.3 is 0 Å². The van der Waals surface area contributed by atoms with Gasteiger partial charge in [-0.05, 0) is 35.6 Å². The number of rotatable bonds is 5. The van der Waals surface area contributed by atoms with Crippen LogP contribution in [0.15, 0.2) is 54.7 Å². The first kappa shape index (κ1) is 15.9. The number of nitrogens with zero attached hydrogens (tertiary/aromatic N) is 1. The Balaban J connectivity index is 1.62. The summed E-state index contributed by atoms with van der Waals surface area (Å²) in [6.45, 7) is 1.02. The summed E-state index contributed by atoms with van der Waals surface area (Å²) in [5.74, 6) is 0.144. The molecule has 0 radical (unpaired) electrons. The van der Waals surface area contributed by atoms with Crippen LogP contribution in [0, 0.1) is 0 Å². The number of benzene rings is 2. The third kappa shape index (κ3) is 3.05. The van der Waals surface area contributed by atoms with Crippen molar-refractivity contribution in [3.8, 4) is 0 Å². The third-order valence-corrected chi connectivity index (χ3v) is 5.16. The second kappa shape index (κ2) is 6.73. The Morgan fingerprint density at radius 2 is 1.76 bits per heavy atom. The van der Waals surface area contributed by atoms with Crippen LogP contribution < -0.4 is 5.73 Å². The fourth-order valence-corrected chi connectivity index (χ4v) is 3.89. The van der Waals surface area contributed by atoms with Crippen LogP contribution in [0.4, 0.5) is 0 Å². The normalized spacial score (nSPS) is 14.0. The monoisotopic (exact) mass is 333 g/mol. The van der Waals surface area contributed by atoms with E-state index in [9.17, 15) is 4.79 Å². The fourth-order valence-electron chi connectivity index (χ4n) is 3.89. The zero-order valence-corrected chi connectivity index (χ0v) is 14.2. The van der Waals surface area contributed by atoms with Gasteiger partial charge in [-0.15, -0.1) is 0 Å². The van der Waals surface area contributed by atoms with Gasteiger partial charge in [0.1, 0.15) is 0 Å². The van der Waals surface area contributed by atoms with Crippen LogP contribution in [0.5, 0.6) is 0 Å². The molecule has 2 aromatic carbocycles. The van der Waals surface area contributed by atoms with Crippen LogP contribution in [0.2, 0.25) is 0 Å². The summed E-state index contributed by atoms with van der Waals surface area (Å²) in [6, 6.07) is 16.9. The molecule has 0 atom stereocenters. The molecule has 4 nitrogen and oxygen atoms in total. The van der Waals surface area contributed by atoms with Crippen molar-refractivity contribution in [1.29, 1.82) is 0 Å². The summed E-state index contributed by atoms with van der Waals surface area (Å²) < 4.78 is 0. The molecule has 128 valence electrons. The second-order valence-corrected chi connectivity index (χ2v) is 6.75. The standard InChI is InChI=1S/C21H23N3O/c22-10-9-21(25)24(18-11-15-5-1-2-6-16(15)12-18)14-17-13-23-20-8-4-3-7-19(17)20/h1-8,13,18,23H,9-12,14,22H2. The zero-order valence-electron chi connectivity index (χ0n) is 14.2. The zero-order chi connectivity index (χ0) is 17.2. The molecule has 3 N–H and O–H groups in total. The van der Waals surface area contributed by atoms with Gasteiger partial charge in [-0.25, -0.2) is 0 Å². The highest BCUT2D eigenvalue weighted by atomic mass is 16.2. The fraction of sp³-hybridized carbons (Fsp3) is 0.286. The predicted octanol–water partition coefficient (Wildman–Crippen LogP) is 3.01. The number of nitrogens with one attached hydrogen (secondary N) is 1. The van der Waals surface area contributed by atoms with Crippen molar-refractivity contribution in [3.05, 3.63) is 71.4 Å². The Kier molecular flexibility index (Phi) is 4.28. The molecule has 4 rings (SSSR count). The summed E-state index contributed by atoms with van der Waals surface area (Å²) >= 11 is 0. The number of fused-ring (bicyclic) bond motifs is 2. The first-order valence-corrected chi connectivity index (χ1v) is 8.87. The maximum Gasteiger partial charge on any atom is 0.224 e. The molecular formula is C21H23N3O. The number of nitrogens with two attached hydrogens (primary N) is 1. The van der Waals surface area contributed by atoms with Gasteiger partial charge in [0.05, 0.1) is 0 Å². The van der Waals surface area contributed by atoms with Crippen LogP contribution in [-0.4, -0.2) is 28.4 Å². The molecule has 25 heavy (non-hydrogen) atoms. The number of aromatic amines is 1. The van der Waals surface area contributed by atoms with Crippen LogP contribution >= 0.6 is 0 Å². The van der Waals surface area contributed by atoms with Crippen molar-refractivity contribution >= 4 is 16.8 Å². The van der Waals surface area contributed by atoms with Gasteiger partial charge in [0.15, 0.2) is 0 Å². The minimum Gasteiger partial charge on any atom is -0.361 e. The van der Waals surface area contributed by atoms with E-state index in [4.69, 9.17) is 5.73 Å². The Morgan fingerprint density at radius 3 is 2.48 bits per heavy atom. The van der Waals surface area contributed by atoms with Gasteiger partial charge in [-0.2, -0.15) is 0 Å². The molecule has 1 heterocycles. The molecule has 1 aliphatic rings. The van der Waals surface area contributed by atoms with E-state index in [1.54, 1.807) is 0 Å². The van der Waals surface area contributed by atoms with Gasteiger partial charge < -0.3 is 15.6 Å². The quantitative estimate of drug-likeness (QED) is 0.754. The highest BCUT2D eigenvalue weighted by Crippen LogP contribution is 2.28. The third-order valence-electron chi connectivity index (χ3n) is 5.16. The number of para-hydroxylation sites is 1. The van der Waals surface area contributed by atoms with E-state index in [-0.39, 0.29) is 11.9 Å². The van der Waals surface area contributed by atoms with Gasteiger partial charge in [0.2, 0.25) is 5.91 Å². The average molecular weight is 333 g/mol. The number of H-pyrrole nitrogens is 1. The topological polar surface area (TPSA) is 62.1 Å². The Bertz CT molecular complexity index is 874. The van der Waals surface area contributed by atoms with Gasteiger partial charge in [0.25, 0.3) is 0 Å². The van der Waals surface area contributed by atoms with Crippen molar-refractivity contribution in [2.45, 2.75) is 31.8 Å². The van der Waals surface area contributed by atoms with Crippen LogP contribution in [0.25, 0.3) is 10.9 Å². The lowest BCUT2D eigenvalue weighted by Gasteiger charge is -2.29.